The van der Waals surface area contributed by atoms with Gasteiger partial charge in [0.15, 0.2) is 11.5 Å². The number of aryl methyl sites for hydroxylation is 1. The number of nitrogens with one attached hydrogen (secondary N) is 2. The third kappa shape index (κ3) is 4.62. The van der Waals surface area contributed by atoms with Crippen molar-refractivity contribution in [2.75, 3.05) is 13.7 Å². The van der Waals surface area contributed by atoms with E-state index in [4.69, 9.17) is 9.47 Å². The first kappa shape index (κ1) is 18.6. The molecule has 0 saturated carbocycles. The average Bonchev–Trinajstić information content (AvgIpc) is 2.59. The molecule has 25 heavy (non-hydrogen) atoms. The number of benzene rings is 1. The summed E-state index contributed by atoms with van der Waals surface area (Å²) < 4.78 is 11.0. The van der Waals surface area contributed by atoms with E-state index in [1.165, 1.54) is 6.07 Å². The first-order chi connectivity index (χ1) is 12.0. The number of carbonyl (C=O) groups is 1. The molecule has 1 aromatic heterocycles. The molecule has 0 spiro atoms. The van der Waals surface area contributed by atoms with Crippen LogP contribution in [0.15, 0.2) is 35.1 Å². The molecule has 2 rings (SSSR count). The molecule has 0 aliphatic carbocycles. The van der Waals surface area contributed by atoms with Crippen molar-refractivity contribution < 1.29 is 14.3 Å². The lowest BCUT2D eigenvalue weighted by atomic mass is 10.1. The molecule has 0 fully saturated rings. The first-order valence-corrected chi connectivity index (χ1v) is 8.27. The van der Waals surface area contributed by atoms with E-state index in [1.54, 1.807) is 20.1 Å². The van der Waals surface area contributed by atoms with Crippen LogP contribution in [0.4, 0.5) is 0 Å². The summed E-state index contributed by atoms with van der Waals surface area (Å²) in [5.74, 6) is 0.862. The lowest BCUT2D eigenvalue weighted by Gasteiger charge is -2.17. The number of aromatic nitrogens is 1. The van der Waals surface area contributed by atoms with Crippen LogP contribution in [0.3, 0.4) is 0 Å². The largest absolute Gasteiger partial charge is 0.493 e. The fraction of sp³-hybridized carbons (Fsp3) is 0.368. The Morgan fingerprint density at radius 3 is 2.64 bits per heavy atom. The number of carbonyl (C=O) groups excluding carboxylic acids is 1. The minimum absolute atomic E-state index is 0.0901. The highest BCUT2D eigenvalue weighted by atomic mass is 16.5. The summed E-state index contributed by atoms with van der Waals surface area (Å²) in [5.41, 5.74) is 1.26. The molecular formula is C19H24N2O4. The lowest BCUT2D eigenvalue weighted by Crippen LogP contribution is -2.31. The summed E-state index contributed by atoms with van der Waals surface area (Å²) in [4.78, 5) is 26.9. The minimum atomic E-state index is -0.418. The van der Waals surface area contributed by atoms with Crippen LogP contribution in [0.1, 0.15) is 47.9 Å². The Labute approximate surface area is 147 Å². The second-order valence-electron chi connectivity index (χ2n) is 5.84. The summed E-state index contributed by atoms with van der Waals surface area (Å²) >= 11 is 0. The SMILES string of the molecule is CCCOc1ccc([C@@H](C)NC(=O)c2ccc(C)[nH]c2=O)cc1OC. The monoisotopic (exact) mass is 344 g/mol. The molecule has 1 aromatic carbocycles. The van der Waals surface area contributed by atoms with Crippen molar-refractivity contribution in [1.29, 1.82) is 0 Å². The van der Waals surface area contributed by atoms with E-state index in [1.807, 2.05) is 32.0 Å². The van der Waals surface area contributed by atoms with Crippen molar-refractivity contribution in [3.05, 3.63) is 57.5 Å². The van der Waals surface area contributed by atoms with Gasteiger partial charge in [-0.2, -0.15) is 0 Å². The van der Waals surface area contributed by atoms with Gasteiger partial charge in [0.2, 0.25) is 0 Å². The maximum atomic E-state index is 12.3. The van der Waals surface area contributed by atoms with Crippen LogP contribution in [0.25, 0.3) is 0 Å². The normalized spacial score (nSPS) is 11.7. The van der Waals surface area contributed by atoms with Gasteiger partial charge in [-0.25, -0.2) is 0 Å². The molecule has 1 atom stereocenters. The van der Waals surface area contributed by atoms with Gasteiger partial charge in [-0.1, -0.05) is 13.0 Å². The second-order valence-corrected chi connectivity index (χ2v) is 5.84. The maximum absolute atomic E-state index is 12.3. The fourth-order valence-electron chi connectivity index (χ4n) is 2.39. The van der Waals surface area contributed by atoms with E-state index in [0.717, 1.165) is 12.0 Å². The van der Waals surface area contributed by atoms with Crippen molar-refractivity contribution in [3.63, 3.8) is 0 Å². The second kappa shape index (κ2) is 8.37. The summed E-state index contributed by atoms with van der Waals surface area (Å²) in [6.45, 7) is 6.26. The molecule has 2 N–H and O–H groups in total. The molecule has 0 aliphatic rings. The van der Waals surface area contributed by atoms with Gasteiger partial charge in [-0.3, -0.25) is 9.59 Å². The van der Waals surface area contributed by atoms with E-state index in [9.17, 15) is 9.59 Å². The molecule has 0 bridgehead atoms. The molecule has 134 valence electrons. The Morgan fingerprint density at radius 1 is 1.24 bits per heavy atom. The lowest BCUT2D eigenvalue weighted by molar-refractivity contribution is 0.0938. The number of ether oxygens (including phenoxy) is 2. The molecule has 1 heterocycles. The van der Waals surface area contributed by atoms with Crippen LogP contribution >= 0.6 is 0 Å². The molecule has 6 nitrogen and oxygen atoms in total. The van der Waals surface area contributed by atoms with E-state index in [2.05, 4.69) is 10.3 Å². The fourth-order valence-corrected chi connectivity index (χ4v) is 2.39. The predicted molar refractivity (Wildman–Crippen MR) is 96.5 cm³/mol. The number of methoxy groups -OCH3 is 1. The van der Waals surface area contributed by atoms with E-state index >= 15 is 0 Å². The highest BCUT2D eigenvalue weighted by Crippen LogP contribution is 2.30. The maximum Gasteiger partial charge on any atom is 0.260 e. The standard InChI is InChI=1S/C19H24N2O4/c1-5-10-25-16-9-7-14(11-17(16)24-4)13(3)21-19(23)15-8-6-12(2)20-18(15)22/h6-9,11,13H,5,10H2,1-4H3,(H,20,22)(H,21,23)/t13-/m1/s1. The average molecular weight is 344 g/mol. The highest BCUT2D eigenvalue weighted by molar-refractivity contribution is 5.94. The van der Waals surface area contributed by atoms with Crippen LogP contribution in [0, 0.1) is 6.92 Å². The molecule has 0 saturated heterocycles. The van der Waals surface area contributed by atoms with Gasteiger partial charge in [0, 0.05) is 5.69 Å². The number of aromatic amines is 1. The molecule has 0 radical (unpaired) electrons. The van der Waals surface area contributed by atoms with E-state index in [-0.39, 0.29) is 11.6 Å². The summed E-state index contributed by atoms with van der Waals surface area (Å²) in [7, 11) is 1.58. The van der Waals surface area contributed by atoms with Gasteiger partial charge in [-0.15, -0.1) is 0 Å². The van der Waals surface area contributed by atoms with Crippen molar-refractivity contribution >= 4 is 5.91 Å². The Hall–Kier alpha value is -2.76. The number of hydrogen-bond donors (Lipinski definition) is 2. The summed E-state index contributed by atoms with van der Waals surface area (Å²) in [6, 6.07) is 8.46. The van der Waals surface area contributed by atoms with Gasteiger partial charge in [0.25, 0.3) is 11.5 Å². The highest BCUT2D eigenvalue weighted by Gasteiger charge is 2.16. The molecule has 6 heteroatoms. The topological polar surface area (TPSA) is 80.4 Å². The zero-order chi connectivity index (χ0) is 18.4. The van der Waals surface area contributed by atoms with Gasteiger partial charge < -0.3 is 19.8 Å². The van der Waals surface area contributed by atoms with Crippen LogP contribution < -0.4 is 20.3 Å². The first-order valence-electron chi connectivity index (χ1n) is 8.27. The number of hydrogen-bond acceptors (Lipinski definition) is 4. The molecule has 2 aromatic rings. The summed E-state index contributed by atoms with van der Waals surface area (Å²) in [5, 5.41) is 2.83. The Balaban J connectivity index is 2.15. The predicted octanol–water partition coefficient (Wildman–Crippen LogP) is 2.97. The zero-order valence-electron chi connectivity index (χ0n) is 15.0. The van der Waals surface area contributed by atoms with Crippen LogP contribution in [0.2, 0.25) is 0 Å². The van der Waals surface area contributed by atoms with Gasteiger partial charge in [0.05, 0.1) is 19.8 Å². The smallest absolute Gasteiger partial charge is 0.260 e. The summed E-state index contributed by atoms with van der Waals surface area (Å²) in [6.07, 6.45) is 0.905. The van der Waals surface area contributed by atoms with E-state index < -0.39 is 11.5 Å². The van der Waals surface area contributed by atoms with Crippen molar-refractivity contribution in [3.8, 4) is 11.5 Å². The van der Waals surface area contributed by atoms with Crippen molar-refractivity contribution in [2.45, 2.75) is 33.2 Å². The molecular weight excluding hydrogens is 320 g/mol. The van der Waals surface area contributed by atoms with Gasteiger partial charge >= 0.3 is 0 Å². The van der Waals surface area contributed by atoms with Gasteiger partial charge in [-0.05, 0) is 50.1 Å². The minimum Gasteiger partial charge on any atom is -0.493 e. The van der Waals surface area contributed by atoms with Crippen LogP contribution in [-0.4, -0.2) is 24.6 Å². The molecule has 1 amide bonds. The Kier molecular flexibility index (Phi) is 6.22. The Morgan fingerprint density at radius 2 is 2.00 bits per heavy atom. The third-order valence-corrected chi connectivity index (χ3v) is 3.80. The number of H-pyrrole nitrogens is 1. The number of amides is 1. The Bertz CT molecular complexity index is 798. The quantitative estimate of drug-likeness (QED) is 0.809. The number of pyridine rings is 1. The van der Waals surface area contributed by atoms with Crippen LogP contribution in [0.5, 0.6) is 11.5 Å². The van der Waals surface area contributed by atoms with Gasteiger partial charge in [0.1, 0.15) is 5.56 Å². The zero-order valence-corrected chi connectivity index (χ0v) is 15.0. The molecule has 0 unspecified atom stereocenters. The van der Waals surface area contributed by atoms with Crippen molar-refractivity contribution in [2.24, 2.45) is 0 Å². The molecule has 0 aliphatic heterocycles. The van der Waals surface area contributed by atoms with E-state index in [0.29, 0.717) is 23.8 Å². The van der Waals surface area contributed by atoms with Crippen molar-refractivity contribution in [1.82, 2.24) is 10.3 Å². The number of rotatable bonds is 7. The third-order valence-electron chi connectivity index (χ3n) is 3.80. The van der Waals surface area contributed by atoms with Crippen LogP contribution in [-0.2, 0) is 0 Å².